The number of carbonyl (C=O) groups is 2. The molecule has 2 N–H and O–H groups in total. The number of carbonyl (C=O) groups excluding carboxylic acids is 2. The van der Waals surface area contributed by atoms with Crippen molar-refractivity contribution in [1.29, 1.82) is 0 Å². The van der Waals surface area contributed by atoms with E-state index in [1.165, 1.54) is 0 Å². The number of pyridine rings is 1. The largest absolute Gasteiger partial charge is 0.494 e. The number of ether oxygens (including phenoxy) is 1. The third kappa shape index (κ3) is 7.76. The van der Waals surface area contributed by atoms with Crippen molar-refractivity contribution in [3.05, 3.63) is 95.6 Å². The molecule has 4 rings (SSSR count). The quantitative estimate of drug-likeness (QED) is 0.274. The van der Waals surface area contributed by atoms with Gasteiger partial charge >= 0.3 is 0 Å². The fraction of sp³-hybridized carbons (Fsp3) is 0.378. The van der Waals surface area contributed by atoms with E-state index in [0.717, 1.165) is 34.5 Å². The lowest BCUT2D eigenvalue weighted by Crippen LogP contribution is -2.32. The predicted molar refractivity (Wildman–Crippen MR) is 180 cm³/mol. The van der Waals surface area contributed by atoms with E-state index in [0.29, 0.717) is 35.0 Å². The molecule has 1 aliphatic rings. The van der Waals surface area contributed by atoms with Gasteiger partial charge in [0.15, 0.2) is 5.75 Å². The Morgan fingerprint density at radius 2 is 1.61 bits per heavy atom. The highest BCUT2D eigenvalue weighted by atomic mass is 16.5. The van der Waals surface area contributed by atoms with Crippen molar-refractivity contribution in [3.8, 4) is 16.9 Å². The maximum atomic E-state index is 13.9. The highest BCUT2D eigenvalue weighted by Gasteiger charge is 2.25. The average molecular weight is 595 g/mol. The number of benzene rings is 2. The summed E-state index contributed by atoms with van der Waals surface area (Å²) in [7, 11) is 1.59. The van der Waals surface area contributed by atoms with Gasteiger partial charge in [-0.05, 0) is 71.6 Å². The first-order valence-corrected chi connectivity index (χ1v) is 15.2. The van der Waals surface area contributed by atoms with Gasteiger partial charge in [-0.2, -0.15) is 0 Å². The molecule has 232 valence electrons. The van der Waals surface area contributed by atoms with Crippen molar-refractivity contribution in [2.45, 2.75) is 67.2 Å². The molecule has 7 nitrogen and oxygen atoms in total. The summed E-state index contributed by atoms with van der Waals surface area (Å²) >= 11 is 0. The van der Waals surface area contributed by atoms with Gasteiger partial charge in [-0.25, -0.2) is 0 Å². The first kappa shape index (κ1) is 32.5. The van der Waals surface area contributed by atoms with E-state index in [4.69, 9.17) is 4.74 Å². The summed E-state index contributed by atoms with van der Waals surface area (Å²) in [6.45, 7) is 17.3. The second-order valence-electron chi connectivity index (χ2n) is 13.6. The zero-order valence-electron chi connectivity index (χ0n) is 27.5. The third-order valence-electron chi connectivity index (χ3n) is 7.70. The lowest BCUT2D eigenvalue weighted by atomic mass is 9.85. The van der Waals surface area contributed by atoms with E-state index >= 15 is 0 Å². The topological polar surface area (TPSA) is 83.6 Å². The van der Waals surface area contributed by atoms with Crippen LogP contribution in [0.25, 0.3) is 11.1 Å². The summed E-state index contributed by atoms with van der Waals surface area (Å²) in [5.41, 5.74) is 5.83. The second kappa shape index (κ2) is 13.1. The SMILES string of the molecule is CCC1C=CN(c2cc(C(C)(C)C)cc(C(=O)Nc3cnc(C)c(-c4ccc(C(=O)NCC(C)(C)C)cc4)c3)c2OC)C=C1. The van der Waals surface area contributed by atoms with Gasteiger partial charge in [-0.15, -0.1) is 0 Å². The number of nitrogens with one attached hydrogen (secondary N) is 2. The van der Waals surface area contributed by atoms with Crippen LogP contribution in [-0.2, 0) is 5.41 Å². The minimum Gasteiger partial charge on any atom is -0.494 e. The van der Waals surface area contributed by atoms with Gasteiger partial charge in [-0.3, -0.25) is 14.6 Å². The van der Waals surface area contributed by atoms with Crippen LogP contribution in [0.1, 0.15) is 86.9 Å². The van der Waals surface area contributed by atoms with Crippen molar-refractivity contribution >= 4 is 23.2 Å². The highest BCUT2D eigenvalue weighted by molar-refractivity contribution is 6.08. The number of aryl methyl sites for hydroxylation is 1. The fourth-order valence-electron chi connectivity index (χ4n) is 4.92. The summed E-state index contributed by atoms with van der Waals surface area (Å²) in [6.07, 6.45) is 11.1. The molecule has 44 heavy (non-hydrogen) atoms. The number of nitrogens with zero attached hydrogens (tertiary/aromatic N) is 2. The van der Waals surface area contributed by atoms with Gasteiger partial charge in [0.05, 0.1) is 30.2 Å². The molecule has 1 aliphatic heterocycles. The van der Waals surface area contributed by atoms with Crippen molar-refractivity contribution < 1.29 is 14.3 Å². The van der Waals surface area contributed by atoms with Crippen LogP contribution in [0.4, 0.5) is 11.4 Å². The van der Waals surface area contributed by atoms with Crippen LogP contribution in [0.2, 0.25) is 0 Å². The molecule has 0 fully saturated rings. The Bertz CT molecular complexity index is 1560. The standard InChI is InChI=1S/C37H46N4O3/c1-10-25-15-17-41(18-16-25)32-20-28(37(6,7)8)19-31(33(32)44-9)35(43)40-29-21-30(24(2)38-22-29)26-11-13-27(14-12-26)34(42)39-23-36(3,4)5/h11-22,25H,10,23H2,1-9H3,(H,39,42)(H,40,43). The van der Waals surface area contributed by atoms with Crippen molar-refractivity contribution in [2.24, 2.45) is 11.3 Å². The zero-order chi connectivity index (χ0) is 32.2. The number of methoxy groups -OCH3 is 1. The van der Waals surface area contributed by atoms with Gasteiger partial charge in [0, 0.05) is 35.8 Å². The monoisotopic (exact) mass is 594 g/mol. The van der Waals surface area contributed by atoms with Crippen LogP contribution in [0, 0.1) is 18.3 Å². The number of hydrogen-bond acceptors (Lipinski definition) is 5. The molecule has 0 atom stereocenters. The Morgan fingerprint density at radius 1 is 0.955 bits per heavy atom. The highest BCUT2D eigenvalue weighted by Crippen LogP contribution is 2.39. The maximum absolute atomic E-state index is 13.9. The number of rotatable bonds is 8. The minimum absolute atomic E-state index is 0.00281. The summed E-state index contributed by atoms with van der Waals surface area (Å²) in [4.78, 5) is 33.1. The van der Waals surface area contributed by atoms with Crippen LogP contribution in [0.15, 0.2) is 73.2 Å². The number of amides is 2. The number of allylic oxidation sites excluding steroid dienone is 2. The van der Waals surface area contributed by atoms with Crippen molar-refractivity contribution in [1.82, 2.24) is 10.3 Å². The molecular formula is C37H46N4O3. The van der Waals surface area contributed by atoms with Crippen LogP contribution < -0.4 is 20.3 Å². The number of anilines is 2. The molecule has 2 aromatic carbocycles. The van der Waals surface area contributed by atoms with Gasteiger partial charge in [0.1, 0.15) is 0 Å². The lowest BCUT2D eigenvalue weighted by Gasteiger charge is -2.28. The predicted octanol–water partition coefficient (Wildman–Crippen LogP) is 8.26. The number of aromatic nitrogens is 1. The molecular weight excluding hydrogens is 548 g/mol. The summed E-state index contributed by atoms with van der Waals surface area (Å²) in [5, 5.41) is 6.04. The Kier molecular flexibility index (Phi) is 9.67. The smallest absolute Gasteiger partial charge is 0.259 e. The molecule has 7 heteroatoms. The summed E-state index contributed by atoms with van der Waals surface area (Å²) < 4.78 is 5.87. The third-order valence-corrected chi connectivity index (χ3v) is 7.70. The van der Waals surface area contributed by atoms with Crippen LogP contribution >= 0.6 is 0 Å². The first-order valence-electron chi connectivity index (χ1n) is 15.2. The van der Waals surface area contributed by atoms with E-state index in [2.05, 4.69) is 82.3 Å². The van der Waals surface area contributed by atoms with Gasteiger partial charge in [-0.1, -0.05) is 72.8 Å². The van der Waals surface area contributed by atoms with Crippen LogP contribution in [-0.4, -0.2) is 30.5 Å². The normalized spacial score (nSPS) is 13.6. The Morgan fingerprint density at radius 3 is 2.18 bits per heavy atom. The Hall–Kier alpha value is -4.39. The van der Waals surface area contributed by atoms with E-state index in [1.807, 2.05) is 60.6 Å². The van der Waals surface area contributed by atoms with E-state index in [1.54, 1.807) is 13.3 Å². The summed E-state index contributed by atoms with van der Waals surface area (Å²) in [5.74, 6) is 0.498. The van der Waals surface area contributed by atoms with Crippen molar-refractivity contribution in [2.75, 3.05) is 23.9 Å². The van der Waals surface area contributed by atoms with Gasteiger partial charge < -0.3 is 20.3 Å². The minimum atomic E-state index is -0.284. The Balaban J connectivity index is 1.63. The van der Waals surface area contributed by atoms with E-state index < -0.39 is 0 Å². The molecule has 2 heterocycles. The Labute approximate surface area is 262 Å². The molecule has 0 spiro atoms. The molecule has 3 aromatic rings. The molecule has 2 amide bonds. The second-order valence-corrected chi connectivity index (χ2v) is 13.6. The molecule has 0 radical (unpaired) electrons. The summed E-state index contributed by atoms with van der Waals surface area (Å²) in [6, 6.07) is 13.4. The van der Waals surface area contributed by atoms with Crippen LogP contribution in [0.3, 0.4) is 0 Å². The fourth-order valence-corrected chi connectivity index (χ4v) is 4.92. The molecule has 0 saturated heterocycles. The average Bonchev–Trinajstić information content (AvgIpc) is 2.99. The van der Waals surface area contributed by atoms with Crippen molar-refractivity contribution in [3.63, 3.8) is 0 Å². The van der Waals surface area contributed by atoms with E-state index in [-0.39, 0.29) is 22.6 Å². The van der Waals surface area contributed by atoms with Gasteiger partial charge in [0.2, 0.25) is 0 Å². The molecule has 0 saturated carbocycles. The van der Waals surface area contributed by atoms with Gasteiger partial charge in [0.25, 0.3) is 11.8 Å². The molecule has 1 aromatic heterocycles. The molecule has 0 aliphatic carbocycles. The zero-order valence-corrected chi connectivity index (χ0v) is 27.5. The molecule has 0 unspecified atom stereocenters. The first-order chi connectivity index (χ1) is 20.7. The number of hydrogen-bond donors (Lipinski definition) is 2. The molecule has 0 bridgehead atoms. The van der Waals surface area contributed by atoms with Crippen LogP contribution in [0.5, 0.6) is 5.75 Å². The maximum Gasteiger partial charge on any atom is 0.259 e. The lowest BCUT2D eigenvalue weighted by molar-refractivity contribution is 0.0938. The van der Waals surface area contributed by atoms with E-state index in [9.17, 15) is 9.59 Å².